The second-order valence-corrected chi connectivity index (χ2v) is 8.23. The average Bonchev–Trinajstić information content (AvgIpc) is 3.35. The number of anilines is 1. The molecule has 2 amide bonds. The second-order valence-electron chi connectivity index (χ2n) is 8.23. The van der Waals surface area contributed by atoms with Crippen molar-refractivity contribution in [3.8, 4) is 5.75 Å². The quantitative estimate of drug-likeness (QED) is 0.594. The van der Waals surface area contributed by atoms with Crippen LogP contribution in [0.1, 0.15) is 47.3 Å². The Morgan fingerprint density at radius 3 is 2.48 bits per heavy atom. The van der Waals surface area contributed by atoms with Gasteiger partial charge in [-0.05, 0) is 38.0 Å². The van der Waals surface area contributed by atoms with Gasteiger partial charge in [-0.1, -0.05) is 36.4 Å². The number of hydrogen-bond acceptors (Lipinski definition) is 4. The van der Waals surface area contributed by atoms with E-state index in [0.717, 1.165) is 35.5 Å². The number of amides is 2. The van der Waals surface area contributed by atoms with Gasteiger partial charge in [-0.2, -0.15) is 5.10 Å². The topological polar surface area (TPSA) is 78.5 Å². The lowest BCUT2D eigenvalue weighted by Gasteiger charge is -2.32. The van der Waals surface area contributed by atoms with Crippen LogP contribution in [0, 0.1) is 0 Å². The van der Waals surface area contributed by atoms with Crippen LogP contribution in [0.25, 0.3) is 0 Å². The molecule has 1 aliphatic heterocycles. The molecule has 1 N–H and O–H groups in total. The standard InChI is InChI=1S/C26H30N4O3/c1-3-30(21-10-5-4-6-11-21)26(32)22-18-27-28-25(22)19-13-15-29(16-14-19)24(31)17-20-9-7-8-12-23(20)33-2/h4-12,18-19H,3,13-17H2,1-2H3,(H,27,28). The Balaban J connectivity index is 1.41. The Morgan fingerprint density at radius 1 is 1.09 bits per heavy atom. The first kappa shape index (κ1) is 22.6. The first-order valence-corrected chi connectivity index (χ1v) is 11.4. The number of piperidine rings is 1. The van der Waals surface area contributed by atoms with Crippen molar-refractivity contribution in [3.63, 3.8) is 0 Å². The van der Waals surface area contributed by atoms with E-state index in [2.05, 4.69) is 10.2 Å². The minimum absolute atomic E-state index is 0.0536. The van der Waals surface area contributed by atoms with Crippen molar-refractivity contribution >= 4 is 17.5 Å². The first-order valence-electron chi connectivity index (χ1n) is 11.4. The van der Waals surface area contributed by atoms with Gasteiger partial charge in [0.1, 0.15) is 5.75 Å². The van der Waals surface area contributed by atoms with Crippen LogP contribution in [0.5, 0.6) is 5.75 Å². The van der Waals surface area contributed by atoms with Crippen molar-refractivity contribution in [2.45, 2.75) is 32.1 Å². The fraction of sp³-hybridized carbons (Fsp3) is 0.346. The van der Waals surface area contributed by atoms with E-state index in [1.54, 1.807) is 18.2 Å². The molecule has 1 saturated heterocycles. The summed E-state index contributed by atoms with van der Waals surface area (Å²) in [5.74, 6) is 0.943. The van der Waals surface area contributed by atoms with Gasteiger partial charge in [0, 0.05) is 36.8 Å². The molecular weight excluding hydrogens is 416 g/mol. The van der Waals surface area contributed by atoms with Gasteiger partial charge in [0.2, 0.25) is 5.91 Å². The number of aromatic nitrogens is 2. The predicted molar refractivity (Wildman–Crippen MR) is 128 cm³/mol. The number of rotatable bonds is 7. The third kappa shape index (κ3) is 4.92. The van der Waals surface area contributed by atoms with E-state index in [-0.39, 0.29) is 17.7 Å². The van der Waals surface area contributed by atoms with E-state index in [9.17, 15) is 9.59 Å². The van der Waals surface area contributed by atoms with Crippen LogP contribution in [-0.4, -0.2) is 53.7 Å². The molecule has 2 heterocycles. The number of carbonyl (C=O) groups excluding carboxylic acids is 2. The third-order valence-corrected chi connectivity index (χ3v) is 6.32. The summed E-state index contributed by atoms with van der Waals surface area (Å²) in [5, 5.41) is 7.26. The molecule has 0 bridgehead atoms. The smallest absolute Gasteiger partial charge is 0.261 e. The fourth-order valence-electron chi connectivity index (χ4n) is 4.52. The molecule has 33 heavy (non-hydrogen) atoms. The zero-order chi connectivity index (χ0) is 23.2. The van der Waals surface area contributed by atoms with E-state index in [0.29, 0.717) is 31.6 Å². The number of likely N-dealkylation sites (tertiary alicyclic amines) is 1. The highest BCUT2D eigenvalue weighted by atomic mass is 16.5. The van der Waals surface area contributed by atoms with Gasteiger partial charge in [-0.15, -0.1) is 0 Å². The molecule has 172 valence electrons. The van der Waals surface area contributed by atoms with Crippen LogP contribution >= 0.6 is 0 Å². The van der Waals surface area contributed by atoms with Crippen molar-refractivity contribution in [1.82, 2.24) is 15.1 Å². The summed E-state index contributed by atoms with van der Waals surface area (Å²) in [6, 6.07) is 17.3. The number of ether oxygens (including phenoxy) is 1. The second kappa shape index (κ2) is 10.3. The maximum absolute atomic E-state index is 13.3. The monoisotopic (exact) mass is 446 g/mol. The van der Waals surface area contributed by atoms with Crippen molar-refractivity contribution in [3.05, 3.63) is 77.6 Å². The minimum Gasteiger partial charge on any atom is -0.496 e. The molecule has 1 aromatic heterocycles. The molecular formula is C26H30N4O3. The van der Waals surface area contributed by atoms with Gasteiger partial charge in [-0.3, -0.25) is 14.7 Å². The summed E-state index contributed by atoms with van der Waals surface area (Å²) in [7, 11) is 1.62. The highest BCUT2D eigenvalue weighted by Gasteiger charge is 2.30. The zero-order valence-corrected chi connectivity index (χ0v) is 19.2. The van der Waals surface area contributed by atoms with E-state index in [1.165, 1.54) is 0 Å². The van der Waals surface area contributed by atoms with E-state index in [1.807, 2.05) is 66.4 Å². The predicted octanol–water partition coefficient (Wildman–Crippen LogP) is 4.03. The van der Waals surface area contributed by atoms with E-state index in [4.69, 9.17) is 4.74 Å². The lowest BCUT2D eigenvalue weighted by molar-refractivity contribution is -0.131. The Hall–Kier alpha value is -3.61. The van der Waals surface area contributed by atoms with Gasteiger partial charge in [0.05, 0.1) is 31.0 Å². The summed E-state index contributed by atoms with van der Waals surface area (Å²) in [6.07, 6.45) is 3.53. The van der Waals surface area contributed by atoms with Crippen LogP contribution < -0.4 is 9.64 Å². The van der Waals surface area contributed by atoms with Crippen LogP contribution in [0.3, 0.4) is 0 Å². The van der Waals surface area contributed by atoms with Crippen LogP contribution in [0.4, 0.5) is 5.69 Å². The highest BCUT2D eigenvalue weighted by molar-refractivity contribution is 6.06. The SMILES string of the molecule is CCN(C(=O)c1cn[nH]c1C1CCN(C(=O)Cc2ccccc2OC)CC1)c1ccccc1. The zero-order valence-electron chi connectivity index (χ0n) is 19.2. The molecule has 0 atom stereocenters. The highest BCUT2D eigenvalue weighted by Crippen LogP contribution is 2.31. The average molecular weight is 447 g/mol. The molecule has 1 aliphatic rings. The van der Waals surface area contributed by atoms with Gasteiger partial charge >= 0.3 is 0 Å². The molecule has 2 aromatic carbocycles. The molecule has 7 nitrogen and oxygen atoms in total. The summed E-state index contributed by atoms with van der Waals surface area (Å²) >= 11 is 0. The lowest BCUT2D eigenvalue weighted by atomic mass is 9.90. The number of hydrogen-bond donors (Lipinski definition) is 1. The molecule has 0 aliphatic carbocycles. The van der Waals surface area contributed by atoms with Gasteiger partial charge < -0.3 is 14.5 Å². The molecule has 0 unspecified atom stereocenters. The van der Waals surface area contributed by atoms with Gasteiger partial charge in [-0.25, -0.2) is 0 Å². The summed E-state index contributed by atoms with van der Waals surface area (Å²) < 4.78 is 5.38. The first-order chi connectivity index (χ1) is 16.1. The Morgan fingerprint density at radius 2 is 1.79 bits per heavy atom. The van der Waals surface area contributed by atoms with Crippen LogP contribution in [0.2, 0.25) is 0 Å². The summed E-state index contributed by atoms with van der Waals surface area (Å²) in [6.45, 7) is 3.85. The molecule has 4 rings (SSSR count). The number of aromatic amines is 1. The van der Waals surface area contributed by atoms with Gasteiger partial charge in [0.25, 0.3) is 5.91 Å². The van der Waals surface area contributed by atoms with Crippen molar-refractivity contribution in [2.75, 3.05) is 31.6 Å². The molecule has 1 fully saturated rings. The molecule has 7 heteroatoms. The van der Waals surface area contributed by atoms with Crippen molar-refractivity contribution in [2.24, 2.45) is 0 Å². The van der Waals surface area contributed by atoms with E-state index >= 15 is 0 Å². The number of carbonyl (C=O) groups is 2. The Bertz CT molecular complexity index is 1090. The van der Waals surface area contributed by atoms with Crippen LogP contribution in [-0.2, 0) is 11.2 Å². The summed E-state index contributed by atoms with van der Waals surface area (Å²) in [5.41, 5.74) is 3.24. The fourth-order valence-corrected chi connectivity index (χ4v) is 4.52. The number of para-hydroxylation sites is 2. The molecule has 0 radical (unpaired) electrons. The van der Waals surface area contributed by atoms with E-state index < -0.39 is 0 Å². The van der Waals surface area contributed by atoms with Crippen molar-refractivity contribution < 1.29 is 14.3 Å². The number of benzene rings is 2. The maximum Gasteiger partial charge on any atom is 0.261 e. The number of methoxy groups -OCH3 is 1. The minimum atomic E-state index is -0.0536. The maximum atomic E-state index is 13.3. The Kier molecular flexibility index (Phi) is 7.07. The molecule has 3 aromatic rings. The van der Waals surface area contributed by atoms with Crippen molar-refractivity contribution in [1.29, 1.82) is 0 Å². The Labute approximate surface area is 194 Å². The molecule has 0 saturated carbocycles. The van der Waals surface area contributed by atoms with Gasteiger partial charge in [0.15, 0.2) is 0 Å². The number of nitrogens with zero attached hydrogens (tertiary/aromatic N) is 3. The normalized spacial score (nSPS) is 14.2. The lowest BCUT2D eigenvalue weighted by Crippen LogP contribution is -2.39. The third-order valence-electron chi connectivity index (χ3n) is 6.32. The number of nitrogens with one attached hydrogen (secondary N) is 1. The number of H-pyrrole nitrogens is 1. The molecule has 0 spiro atoms. The summed E-state index contributed by atoms with van der Waals surface area (Å²) in [4.78, 5) is 29.9. The van der Waals surface area contributed by atoms with Crippen LogP contribution in [0.15, 0.2) is 60.8 Å². The largest absolute Gasteiger partial charge is 0.496 e.